The predicted octanol–water partition coefficient (Wildman–Crippen LogP) is 1.76. The molecule has 0 N–H and O–H groups in total. The molecule has 0 aromatic heterocycles. The standard InChI is InChI=1S/C6H9ClO/c1-3-6(8)4-5(2)7/h3,5H,1,4H2,2H3. The summed E-state index contributed by atoms with van der Waals surface area (Å²) in [6, 6.07) is 0. The molecular weight excluding hydrogens is 124 g/mol. The minimum absolute atomic E-state index is 0.00694. The van der Waals surface area contributed by atoms with E-state index >= 15 is 0 Å². The number of alkyl halides is 1. The van der Waals surface area contributed by atoms with Crippen LogP contribution in [0.4, 0.5) is 0 Å². The smallest absolute Gasteiger partial charge is 0.156 e. The van der Waals surface area contributed by atoms with Crippen molar-refractivity contribution in [3.63, 3.8) is 0 Å². The van der Waals surface area contributed by atoms with Crippen molar-refractivity contribution in [2.75, 3.05) is 0 Å². The summed E-state index contributed by atoms with van der Waals surface area (Å²) >= 11 is 5.48. The lowest BCUT2D eigenvalue weighted by Crippen LogP contribution is -1.99. The molecule has 0 aliphatic heterocycles. The van der Waals surface area contributed by atoms with Crippen molar-refractivity contribution in [3.05, 3.63) is 12.7 Å². The fourth-order valence-electron chi connectivity index (χ4n) is 0.361. The van der Waals surface area contributed by atoms with Gasteiger partial charge in [-0.15, -0.1) is 11.6 Å². The maximum Gasteiger partial charge on any atom is 0.156 e. The summed E-state index contributed by atoms with van der Waals surface area (Å²) in [5.74, 6) is 0.00694. The van der Waals surface area contributed by atoms with E-state index in [1.165, 1.54) is 6.08 Å². The Morgan fingerprint density at radius 1 is 2.00 bits per heavy atom. The minimum Gasteiger partial charge on any atom is -0.295 e. The largest absolute Gasteiger partial charge is 0.295 e. The van der Waals surface area contributed by atoms with Crippen molar-refractivity contribution in [2.24, 2.45) is 0 Å². The van der Waals surface area contributed by atoms with Crippen molar-refractivity contribution >= 4 is 17.4 Å². The summed E-state index contributed by atoms with van der Waals surface area (Å²) in [4.78, 5) is 10.4. The molecule has 0 spiro atoms. The number of carbonyl (C=O) groups excluding carboxylic acids is 1. The highest BCUT2D eigenvalue weighted by atomic mass is 35.5. The van der Waals surface area contributed by atoms with Gasteiger partial charge in [-0.25, -0.2) is 0 Å². The van der Waals surface area contributed by atoms with Crippen LogP contribution in [0, 0.1) is 0 Å². The summed E-state index contributed by atoms with van der Waals surface area (Å²) in [5, 5.41) is -0.0690. The van der Waals surface area contributed by atoms with Crippen molar-refractivity contribution in [3.8, 4) is 0 Å². The van der Waals surface area contributed by atoms with Crippen LogP contribution in [0.1, 0.15) is 13.3 Å². The molecule has 0 bridgehead atoms. The van der Waals surface area contributed by atoms with E-state index < -0.39 is 0 Å². The zero-order chi connectivity index (χ0) is 6.57. The molecule has 0 saturated carbocycles. The average molecular weight is 133 g/mol. The third-order valence-electron chi connectivity index (χ3n) is 0.710. The number of carbonyl (C=O) groups is 1. The molecule has 2 heteroatoms. The second kappa shape index (κ2) is 3.67. The second-order valence-corrected chi connectivity index (χ2v) is 2.40. The van der Waals surface area contributed by atoms with Gasteiger partial charge in [-0.05, 0) is 13.0 Å². The van der Waals surface area contributed by atoms with Crippen LogP contribution in [-0.2, 0) is 4.79 Å². The maximum absolute atomic E-state index is 10.4. The number of hydrogen-bond donors (Lipinski definition) is 0. The van der Waals surface area contributed by atoms with Crippen molar-refractivity contribution < 1.29 is 4.79 Å². The van der Waals surface area contributed by atoms with Gasteiger partial charge in [0, 0.05) is 11.8 Å². The van der Waals surface area contributed by atoms with Crippen molar-refractivity contribution in [1.29, 1.82) is 0 Å². The van der Waals surface area contributed by atoms with E-state index in [-0.39, 0.29) is 11.2 Å². The topological polar surface area (TPSA) is 17.1 Å². The molecule has 0 rings (SSSR count). The SMILES string of the molecule is C=CC(=O)CC(C)Cl. The highest BCUT2D eigenvalue weighted by Crippen LogP contribution is 1.99. The van der Waals surface area contributed by atoms with Gasteiger partial charge in [0.05, 0.1) is 0 Å². The van der Waals surface area contributed by atoms with Gasteiger partial charge in [-0.3, -0.25) is 4.79 Å². The van der Waals surface area contributed by atoms with Crippen LogP contribution in [0.25, 0.3) is 0 Å². The molecule has 0 aromatic carbocycles. The molecule has 0 heterocycles. The fraction of sp³-hybridized carbons (Fsp3) is 0.500. The summed E-state index contributed by atoms with van der Waals surface area (Å²) < 4.78 is 0. The Morgan fingerprint density at radius 3 is 2.62 bits per heavy atom. The number of rotatable bonds is 3. The Labute approximate surface area is 54.3 Å². The van der Waals surface area contributed by atoms with Crippen molar-refractivity contribution in [1.82, 2.24) is 0 Å². The summed E-state index contributed by atoms with van der Waals surface area (Å²) in [6.07, 6.45) is 1.68. The van der Waals surface area contributed by atoms with E-state index in [0.29, 0.717) is 6.42 Å². The van der Waals surface area contributed by atoms with Gasteiger partial charge in [0.1, 0.15) is 0 Å². The van der Waals surface area contributed by atoms with E-state index in [1.807, 2.05) is 0 Å². The zero-order valence-electron chi connectivity index (χ0n) is 4.86. The van der Waals surface area contributed by atoms with E-state index in [2.05, 4.69) is 6.58 Å². The zero-order valence-corrected chi connectivity index (χ0v) is 5.61. The Kier molecular flexibility index (Phi) is 3.53. The molecule has 0 aromatic rings. The Bertz CT molecular complexity index is 96.7. The molecule has 1 nitrogen and oxygen atoms in total. The highest BCUT2D eigenvalue weighted by molar-refractivity contribution is 6.21. The van der Waals surface area contributed by atoms with Gasteiger partial charge in [-0.1, -0.05) is 6.58 Å². The monoisotopic (exact) mass is 132 g/mol. The van der Waals surface area contributed by atoms with Crippen LogP contribution >= 0.6 is 11.6 Å². The minimum atomic E-state index is -0.0690. The summed E-state index contributed by atoms with van der Waals surface area (Å²) in [6.45, 7) is 5.09. The maximum atomic E-state index is 10.4. The first-order valence-corrected chi connectivity index (χ1v) is 2.89. The van der Waals surface area contributed by atoms with Gasteiger partial charge < -0.3 is 0 Å². The molecule has 1 unspecified atom stereocenters. The molecule has 0 saturated heterocycles. The first-order chi connectivity index (χ1) is 3.66. The number of hydrogen-bond acceptors (Lipinski definition) is 1. The molecule has 0 aliphatic rings. The predicted molar refractivity (Wildman–Crippen MR) is 35.1 cm³/mol. The molecule has 8 heavy (non-hydrogen) atoms. The lowest BCUT2D eigenvalue weighted by Gasteiger charge is -1.94. The molecule has 46 valence electrons. The van der Waals surface area contributed by atoms with Gasteiger partial charge >= 0.3 is 0 Å². The normalized spacial score (nSPS) is 12.8. The van der Waals surface area contributed by atoms with Gasteiger partial charge in [0.15, 0.2) is 5.78 Å². The summed E-state index contributed by atoms with van der Waals surface area (Å²) in [7, 11) is 0. The lowest BCUT2D eigenvalue weighted by molar-refractivity contribution is -0.114. The van der Waals surface area contributed by atoms with Crippen LogP contribution in [0.15, 0.2) is 12.7 Å². The third-order valence-corrected chi connectivity index (χ3v) is 0.864. The van der Waals surface area contributed by atoms with E-state index in [1.54, 1.807) is 6.92 Å². The van der Waals surface area contributed by atoms with Crippen LogP contribution in [0.5, 0.6) is 0 Å². The average Bonchev–Trinajstić information content (AvgIpc) is 1.65. The van der Waals surface area contributed by atoms with Gasteiger partial charge in [-0.2, -0.15) is 0 Å². The second-order valence-electron chi connectivity index (χ2n) is 1.66. The Balaban J connectivity index is 3.39. The number of ketones is 1. The molecule has 1 atom stereocenters. The fourth-order valence-corrected chi connectivity index (χ4v) is 0.513. The molecule has 0 radical (unpaired) electrons. The highest BCUT2D eigenvalue weighted by Gasteiger charge is 1.99. The Hall–Kier alpha value is -0.300. The molecular formula is C6H9ClO. The molecule has 0 aliphatic carbocycles. The molecule has 0 fully saturated rings. The van der Waals surface area contributed by atoms with Crippen LogP contribution in [0.3, 0.4) is 0 Å². The van der Waals surface area contributed by atoms with E-state index in [4.69, 9.17) is 11.6 Å². The molecule has 0 amide bonds. The van der Waals surface area contributed by atoms with Gasteiger partial charge in [0.2, 0.25) is 0 Å². The Morgan fingerprint density at radius 2 is 2.50 bits per heavy atom. The number of allylic oxidation sites excluding steroid dienone is 1. The first kappa shape index (κ1) is 7.70. The van der Waals surface area contributed by atoms with E-state index in [9.17, 15) is 4.79 Å². The van der Waals surface area contributed by atoms with Crippen molar-refractivity contribution in [2.45, 2.75) is 18.7 Å². The van der Waals surface area contributed by atoms with Crippen LogP contribution < -0.4 is 0 Å². The van der Waals surface area contributed by atoms with E-state index in [0.717, 1.165) is 0 Å². The lowest BCUT2D eigenvalue weighted by atomic mass is 10.2. The van der Waals surface area contributed by atoms with Crippen LogP contribution in [0.2, 0.25) is 0 Å². The third kappa shape index (κ3) is 3.88. The number of halogens is 1. The summed E-state index contributed by atoms with van der Waals surface area (Å²) in [5.41, 5.74) is 0. The quantitative estimate of drug-likeness (QED) is 0.423. The van der Waals surface area contributed by atoms with Crippen LogP contribution in [-0.4, -0.2) is 11.2 Å². The van der Waals surface area contributed by atoms with Gasteiger partial charge in [0.25, 0.3) is 0 Å². The first-order valence-electron chi connectivity index (χ1n) is 2.46.